The third-order valence-electron chi connectivity index (χ3n) is 5.12. The van der Waals surface area contributed by atoms with Gasteiger partial charge < -0.3 is 10.1 Å². The zero-order chi connectivity index (χ0) is 21.8. The van der Waals surface area contributed by atoms with E-state index >= 15 is 0 Å². The van der Waals surface area contributed by atoms with Crippen LogP contribution in [0.5, 0.6) is 0 Å². The van der Waals surface area contributed by atoms with Crippen LogP contribution in [0.25, 0.3) is 21.9 Å². The molecule has 0 saturated heterocycles. The number of hydrogen-bond donors (Lipinski definition) is 1. The fraction of sp³-hybridized carbons (Fsp3) is 0.154. The lowest BCUT2D eigenvalue weighted by Crippen LogP contribution is -2.16. The second-order valence-corrected chi connectivity index (χ2v) is 8.18. The molecular weight excluding hydrogens is 406 g/mol. The summed E-state index contributed by atoms with van der Waals surface area (Å²) in [6, 6.07) is 21.9. The first-order chi connectivity index (χ1) is 15.1. The lowest BCUT2D eigenvalue weighted by Gasteiger charge is -2.10. The molecule has 4 rings (SSSR count). The van der Waals surface area contributed by atoms with Gasteiger partial charge in [0.15, 0.2) is 0 Å². The van der Waals surface area contributed by atoms with E-state index in [4.69, 9.17) is 4.74 Å². The number of rotatable bonds is 6. The molecule has 0 spiro atoms. The minimum absolute atomic E-state index is 0.167. The van der Waals surface area contributed by atoms with Crippen molar-refractivity contribution in [1.82, 2.24) is 0 Å². The van der Waals surface area contributed by atoms with Crippen molar-refractivity contribution >= 4 is 39.0 Å². The maximum Gasteiger partial charge on any atom is 0.341 e. The molecule has 0 atom stereocenters. The fourth-order valence-electron chi connectivity index (χ4n) is 3.59. The largest absolute Gasteiger partial charge is 0.462 e. The molecule has 0 radical (unpaired) electrons. The molecule has 0 aliphatic rings. The van der Waals surface area contributed by atoms with E-state index in [9.17, 15) is 9.59 Å². The molecule has 3 aromatic carbocycles. The van der Waals surface area contributed by atoms with E-state index in [2.05, 4.69) is 5.32 Å². The van der Waals surface area contributed by atoms with Crippen LogP contribution in [0, 0.1) is 6.92 Å². The maximum absolute atomic E-state index is 12.9. The van der Waals surface area contributed by atoms with Crippen LogP contribution in [-0.2, 0) is 16.0 Å². The van der Waals surface area contributed by atoms with Gasteiger partial charge >= 0.3 is 5.97 Å². The Morgan fingerprint density at radius 2 is 1.71 bits per heavy atom. The number of ether oxygens (including phenoxy) is 1. The molecule has 0 fully saturated rings. The van der Waals surface area contributed by atoms with Crippen molar-refractivity contribution in [2.45, 2.75) is 20.3 Å². The summed E-state index contributed by atoms with van der Waals surface area (Å²) in [5.74, 6) is -0.598. The Kier molecular flexibility index (Phi) is 6.14. The highest BCUT2D eigenvalue weighted by molar-refractivity contribution is 7.15. The van der Waals surface area contributed by atoms with Crippen LogP contribution in [0.3, 0.4) is 0 Å². The standard InChI is InChI=1S/C26H23NO3S/c1-3-30-26(29)24-22(19-13-11-17(2)12-14-19)16-31-25(24)27-23(28)15-20-9-6-8-18-7-4-5-10-21(18)20/h4-14,16H,3,15H2,1-2H3,(H,27,28). The predicted molar refractivity (Wildman–Crippen MR) is 127 cm³/mol. The highest BCUT2D eigenvalue weighted by atomic mass is 32.1. The summed E-state index contributed by atoms with van der Waals surface area (Å²) in [4.78, 5) is 25.6. The predicted octanol–water partition coefficient (Wildman–Crippen LogP) is 6.23. The van der Waals surface area contributed by atoms with Crippen molar-refractivity contribution in [2.75, 3.05) is 11.9 Å². The Morgan fingerprint density at radius 1 is 0.968 bits per heavy atom. The number of hydrogen-bond acceptors (Lipinski definition) is 4. The number of carbonyl (C=O) groups is 2. The van der Waals surface area contributed by atoms with E-state index in [-0.39, 0.29) is 18.9 Å². The quantitative estimate of drug-likeness (QED) is 0.369. The Bertz CT molecular complexity index is 1240. The summed E-state index contributed by atoms with van der Waals surface area (Å²) in [7, 11) is 0. The number of aryl methyl sites for hydroxylation is 1. The van der Waals surface area contributed by atoms with Crippen LogP contribution in [0.2, 0.25) is 0 Å². The normalized spacial score (nSPS) is 10.8. The summed E-state index contributed by atoms with van der Waals surface area (Å²) in [5, 5.41) is 7.50. The number of anilines is 1. The Balaban J connectivity index is 1.63. The molecule has 0 saturated carbocycles. The van der Waals surface area contributed by atoms with Gasteiger partial charge in [-0.05, 0) is 35.7 Å². The molecule has 4 aromatic rings. The van der Waals surface area contributed by atoms with E-state index in [1.165, 1.54) is 11.3 Å². The number of thiophene rings is 1. The van der Waals surface area contributed by atoms with Gasteiger partial charge in [0.05, 0.1) is 13.0 Å². The first-order valence-corrected chi connectivity index (χ1v) is 11.1. The second-order valence-electron chi connectivity index (χ2n) is 7.30. The van der Waals surface area contributed by atoms with Gasteiger partial charge in [-0.3, -0.25) is 4.79 Å². The van der Waals surface area contributed by atoms with E-state index in [1.54, 1.807) is 6.92 Å². The summed E-state index contributed by atoms with van der Waals surface area (Å²) in [6.07, 6.45) is 0.224. The summed E-state index contributed by atoms with van der Waals surface area (Å²) in [6.45, 7) is 4.06. The Hall–Kier alpha value is -3.44. The lowest BCUT2D eigenvalue weighted by atomic mass is 10.0. The zero-order valence-corrected chi connectivity index (χ0v) is 18.3. The van der Waals surface area contributed by atoms with Crippen LogP contribution in [-0.4, -0.2) is 18.5 Å². The van der Waals surface area contributed by atoms with Crippen molar-refractivity contribution in [2.24, 2.45) is 0 Å². The van der Waals surface area contributed by atoms with Gasteiger partial charge in [-0.15, -0.1) is 11.3 Å². The van der Waals surface area contributed by atoms with Crippen LogP contribution >= 0.6 is 11.3 Å². The van der Waals surface area contributed by atoms with Crippen LogP contribution < -0.4 is 5.32 Å². The summed E-state index contributed by atoms with van der Waals surface area (Å²) >= 11 is 1.34. The molecule has 1 heterocycles. The highest BCUT2D eigenvalue weighted by Gasteiger charge is 2.23. The van der Waals surface area contributed by atoms with Gasteiger partial charge in [0.1, 0.15) is 10.6 Å². The van der Waals surface area contributed by atoms with Crippen molar-refractivity contribution < 1.29 is 14.3 Å². The molecule has 0 unspecified atom stereocenters. The zero-order valence-electron chi connectivity index (χ0n) is 17.5. The fourth-order valence-corrected chi connectivity index (χ4v) is 4.57. The van der Waals surface area contributed by atoms with Crippen LogP contribution in [0.15, 0.2) is 72.1 Å². The third kappa shape index (κ3) is 4.52. The number of carbonyl (C=O) groups excluding carboxylic acids is 2. The van der Waals surface area contributed by atoms with Crippen molar-refractivity contribution in [3.05, 3.63) is 88.8 Å². The van der Waals surface area contributed by atoms with E-state index in [1.807, 2.05) is 79.0 Å². The molecule has 0 aliphatic heterocycles. The molecule has 5 heteroatoms. The van der Waals surface area contributed by atoms with Crippen molar-refractivity contribution in [3.63, 3.8) is 0 Å². The highest BCUT2D eigenvalue weighted by Crippen LogP contribution is 2.36. The Morgan fingerprint density at radius 3 is 2.48 bits per heavy atom. The minimum atomic E-state index is -0.431. The van der Waals surface area contributed by atoms with Gasteiger partial charge in [0.2, 0.25) is 5.91 Å². The SMILES string of the molecule is CCOC(=O)c1c(-c2ccc(C)cc2)csc1NC(=O)Cc1cccc2ccccc12. The van der Waals surface area contributed by atoms with Crippen molar-refractivity contribution in [3.8, 4) is 11.1 Å². The lowest BCUT2D eigenvalue weighted by molar-refractivity contribution is -0.115. The average Bonchev–Trinajstić information content (AvgIpc) is 3.18. The van der Waals surface area contributed by atoms with E-state index in [0.717, 1.165) is 33.0 Å². The number of fused-ring (bicyclic) bond motifs is 1. The van der Waals surface area contributed by atoms with Gasteiger partial charge in [0.25, 0.3) is 0 Å². The van der Waals surface area contributed by atoms with Gasteiger partial charge in [-0.25, -0.2) is 4.79 Å². The third-order valence-corrected chi connectivity index (χ3v) is 6.01. The topological polar surface area (TPSA) is 55.4 Å². The number of benzene rings is 3. The molecule has 0 bridgehead atoms. The Labute approximate surface area is 185 Å². The molecule has 1 N–H and O–H groups in total. The average molecular weight is 430 g/mol. The second kappa shape index (κ2) is 9.14. The maximum atomic E-state index is 12.9. The number of esters is 1. The van der Waals surface area contributed by atoms with Crippen molar-refractivity contribution in [1.29, 1.82) is 0 Å². The van der Waals surface area contributed by atoms with Gasteiger partial charge in [-0.2, -0.15) is 0 Å². The van der Waals surface area contributed by atoms with E-state index in [0.29, 0.717) is 10.6 Å². The number of nitrogens with one attached hydrogen (secondary N) is 1. The molecule has 0 aliphatic carbocycles. The smallest absolute Gasteiger partial charge is 0.341 e. The molecule has 1 aromatic heterocycles. The van der Waals surface area contributed by atoms with Crippen LogP contribution in [0.1, 0.15) is 28.4 Å². The summed E-state index contributed by atoms with van der Waals surface area (Å²) < 4.78 is 5.29. The first kappa shape index (κ1) is 20.8. The summed E-state index contributed by atoms with van der Waals surface area (Å²) in [5.41, 5.74) is 4.18. The first-order valence-electron chi connectivity index (χ1n) is 10.2. The minimum Gasteiger partial charge on any atom is -0.462 e. The van der Waals surface area contributed by atoms with Gasteiger partial charge in [-0.1, -0.05) is 72.3 Å². The molecule has 4 nitrogen and oxygen atoms in total. The number of amides is 1. The monoisotopic (exact) mass is 429 g/mol. The molecule has 1 amide bonds. The molecule has 31 heavy (non-hydrogen) atoms. The molecular formula is C26H23NO3S. The van der Waals surface area contributed by atoms with Gasteiger partial charge in [0, 0.05) is 10.9 Å². The molecule has 156 valence electrons. The van der Waals surface area contributed by atoms with E-state index < -0.39 is 5.97 Å². The van der Waals surface area contributed by atoms with Crippen LogP contribution in [0.4, 0.5) is 5.00 Å².